The van der Waals surface area contributed by atoms with E-state index >= 15 is 0 Å². The van der Waals surface area contributed by atoms with Gasteiger partial charge in [0.05, 0.1) is 19.3 Å². The second kappa shape index (κ2) is 4.86. The molecule has 0 unspecified atom stereocenters. The molecule has 1 aromatic carbocycles. The first-order chi connectivity index (χ1) is 8.20. The van der Waals surface area contributed by atoms with Crippen LogP contribution in [0.15, 0.2) is 22.8 Å². The second-order valence-electron chi connectivity index (χ2n) is 3.85. The maximum atomic E-state index is 5.28. The minimum absolute atomic E-state index is 0.565. The Morgan fingerprint density at radius 2 is 2.12 bits per heavy atom. The Labute approximate surface area is 99.7 Å². The van der Waals surface area contributed by atoms with Crippen LogP contribution >= 0.6 is 0 Å². The van der Waals surface area contributed by atoms with Gasteiger partial charge in [-0.25, -0.2) is 4.63 Å². The van der Waals surface area contributed by atoms with Crippen molar-refractivity contribution in [3.63, 3.8) is 0 Å². The first-order valence-corrected chi connectivity index (χ1v) is 5.37. The molecule has 90 valence electrons. The Hall–Kier alpha value is -2.04. The summed E-state index contributed by atoms with van der Waals surface area (Å²) in [6.45, 7) is 4.46. The molecule has 0 atom stereocenters. The molecule has 0 bridgehead atoms. The molecule has 0 fully saturated rings. The van der Waals surface area contributed by atoms with Crippen molar-refractivity contribution in [2.75, 3.05) is 12.4 Å². The van der Waals surface area contributed by atoms with Crippen molar-refractivity contribution < 1.29 is 9.37 Å². The lowest BCUT2D eigenvalue weighted by Crippen LogP contribution is -2.03. The van der Waals surface area contributed by atoms with E-state index in [1.165, 1.54) is 5.56 Å². The van der Waals surface area contributed by atoms with Crippen LogP contribution in [0.25, 0.3) is 0 Å². The lowest BCUT2D eigenvalue weighted by Gasteiger charge is -2.10. The summed E-state index contributed by atoms with van der Waals surface area (Å²) < 4.78 is 9.92. The van der Waals surface area contributed by atoms with Gasteiger partial charge < -0.3 is 10.1 Å². The molecule has 5 nitrogen and oxygen atoms in total. The predicted octanol–water partition coefficient (Wildman–Crippen LogP) is 2.31. The van der Waals surface area contributed by atoms with Crippen molar-refractivity contribution in [3.8, 4) is 5.75 Å². The maximum Gasteiger partial charge on any atom is 0.141 e. The van der Waals surface area contributed by atoms with Gasteiger partial charge in [0.2, 0.25) is 0 Å². The minimum atomic E-state index is 0.565. The quantitative estimate of drug-likeness (QED) is 0.878. The first kappa shape index (κ1) is 11.4. The molecule has 0 saturated heterocycles. The summed E-state index contributed by atoms with van der Waals surface area (Å²) in [5, 5.41) is 10.8. The molecule has 1 aromatic heterocycles. The van der Waals surface area contributed by atoms with Crippen molar-refractivity contribution in [2.45, 2.75) is 20.4 Å². The summed E-state index contributed by atoms with van der Waals surface area (Å²) in [6, 6.07) is 5.97. The van der Waals surface area contributed by atoms with E-state index in [1.807, 2.05) is 32.0 Å². The lowest BCUT2D eigenvalue weighted by molar-refractivity contribution is 0.301. The number of ether oxygens (including phenoxy) is 1. The van der Waals surface area contributed by atoms with E-state index in [-0.39, 0.29) is 0 Å². The predicted molar refractivity (Wildman–Crippen MR) is 64.1 cm³/mol. The summed E-state index contributed by atoms with van der Waals surface area (Å²) >= 11 is 0. The Balaban J connectivity index is 2.13. The number of aromatic nitrogens is 2. The van der Waals surface area contributed by atoms with E-state index in [2.05, 4.69) is 20.3 Å². The fraction of sp³-hybridized carbons (Fsp3) is 0.333. The van der Waals surface area contributed by atoms with Gasteiger partial charge in [-0.15, -0.1) is 0 Å². The number of anilines is 1. The van der Waals surface area contributed by atoms with Crippen LogP contribution < -0.4 is 10.1 Å². The van der Waals surface area contributed by atoms with Gasteiger partial charge in [0, 0.05) is 0 Å². The summed E-state index contributed by atoms with van der Waals surface area (Å²) in [7, 11) is 1.65. The Morgan fingerprint density at radius 1 is 1.29 bits per heavy atom. The highest BCUT2D eigenvalue weighted by molar-refractivity contribution is 5.58. The van der Waals surface area contributed by atoms with Gasteiger partial charge in [0.25, 0.3) is 0 Å². The SMILES string of the molecule is COc1ccc(C)cc1NCc1nonc1C. The van der Waals surface area contributed by atoms with Crippen LogP contribution in [0.3, 0.4) is 0 Å². The summed E-state index contributed by atoms with van der Waals surface area (Å²) in [5.74, 6) is 0.810. The molecule has 1 heterocycles. The molecule has 0 saturated carbocycles. The molecule has 17 heavy (non-hydrogen) atoms. The van der Waals surface area contributed by atoms with Crippen LogP contribution in [0.1, 0.15) is 17.0 Å². The summed E-state index contributed by atoms with van der Waals surface area (Å²) in [6.07, 6.45) is 0. The maximum absolute atomic E-state index is 5.28. The van der Waals surface area contributed by atoms with E-state index in [0.717, 1.165) is 22.8 Å². The highest BCUT2D eigenvalue weighted by Gasteiger charge is 2.07. The van der Waals surface area contributed by atoms with E-state index in [0.29, 0.717) is 6.54 Å². The van der Waals surface area contributed by atoms with Crippen molar-refractivity contribution >= 4 is 5.69 Å². The number of methoxy groups -OCH3 is 1. The van der Waals surface area contributed by atoms with E-state index in [4.69, 9.17) is 4.74 Å². The topological polar surface area (TPSA) is 60.2 Å². The number of nitrogens with one attached hydrogen (secondary N) is 1. The van der Waals surface area contributed by atoms with Gasteiger partial charge >= 0.3 is 0 Å². The normalized spacial score (nSPS) is 10.3. The highest BCUT2D eigenvalue weighted by atomic mass is 16.6. The number of rotatable bonds is 4. The van der Waals surface area contributed by atoms with E-state index in [1.54, 1.807) is 7.11 Å². The van der Waals surface area contributed by atoms with Crippen LogP contribution in [-0.2, 0) is 6.54 Å². The molecule has 2 rings (SSSR count). The molecule has 1 N–H and O–H groups in total. The molecule has 0 aliphatic carbocycles. The van der Waals surface area contributed by atoms with E-state index in [9.17, 15) is 0 Å². The van der Waals surface area contributed by atoms with Crippen LogP contribution in [0.4, 0.5) is 5.69 Å². The third kappa shape index (κ3) is 2.55. The molecule has 5 heteroatoms. The molecule has 0 amide bonds. The van der Waals surface area contributed by atoms with Crippen molar-refractivity contribution in [3.05, 3.63) is 35.2 Å². The number of benzene rings is 1. The van der Waals surface area contributed by atoms with Gasteiger partial charge in [-0.1, -0.05) is 16.4 Å². The number of nitrogens with zero attached hydrogens (tertiary/aromatic N) is 2. The summed E-state index contributed by atoms with van der Waals surface area (Å²) in [5.41, 5.74) is 3.70. The zero-order chi connectivity index (χ0) is 12.3. The summed E-state index contributed by atoms with van der Waals surface area (Å²) in [4.78, 5) is 0. The van der Waals surface area contributed by atoms with Crippen LogP contribution in [0.2, 0.25) is 0 Å². The fourth-order valence-corrected chi connectivity index (χ4v) is 1.55. The van der Waals surface area contributed by atoms with Crippen molar-refractivity contribution in [2.24, 2.45) is 0 Å². The van der Waals surface area contributed by atoms with Gasteiger partial charge in [0.15, 0.2) is 0 Å². The second-order valence-corrected chi connectivity index (χ2v) is 3.85. The zero-order valence-electron chi connectivity index (χ0n) is 10.2. The fourth-order valence-electron chi connectivity index (χ4n) is 1.55. The monoisotopic (exact) mass is 233 g/mol. The van der Waals surface area contributed by atoms with Gasteiger partial charge in [-0.2, -0.15) is 0 Å². The van der Waals surface area contributed by atoms with Gasteiger partial charge in [-0.3, -0.25) is 0 Å². The van der Waals surface area contributed by atoms with Crippen LogP contribution in [-0.4, -0.2) is 17.4 Å². The molecule has 0 aliphatic rings. The Bertz CT molecular complexity index is 508. The number of hydrogen-bond acceptors (Lipinski definition) is 5. The van der Waals surface area contributed by atoms with E-state index < -0.39 is 0 Å². The third-order valence-corrected chi connectivity index (χ3v) is 2.55. The van der Waals surface area contributed by atoms with Crippen molar-refractivity contribution in [1.82, 2.24) is 10.3 Å². The first-order valence-electron chi connectivity index (χ1n) is 5.37. The standard InChI is InChI=1S/C12H15N3O2/c1-8-4-5-12(16-3)10(6-8)13-7-11-9(2)14-17-15-11/h4-6,13H,7H2,1-3H3. The van der Waals surface area contributed by atoms with Crippen LogP contribution in [0, 0.1) is 13.8 Å². The molecule has 0 spiro atoms. The number of aryl methyl sites for hydroxylation is 2. The average molecular weight is 233 g/mol. The lowest BCUT2D eigenvalue weighted by atomic mass is 10.2. The molecule has 0 aliphatic heterocycles. The molecule has 2 aromatic rings. The largest absolute Gasteiger partial charge is 0.495 e. The zero-order valence-corrected chi connectivity index (χ0v) is 10.2. The average Bonchev–Trinajstić information content (AvgIpc) is 2.72. The van der Waals surface area contributed by atoms with Gasteiger partial charge in [0.1, 0.15) is 17.1 Å². The van der Waals surface area contributed by atoms with Crippen LogP contribution in [0.5, 0.6) is 5.75 Å². The molecular weight excluding hydrogens is 218 g/mol. The minimum Gasteiger partial charge on any atom is -0.495 e. The van der Waals surface area contributed by atoms with Crippen molar-refractivity contribution in [1.29, 1.82) is 0 Å². The molecular formula is C12H15N3O2. The Kier molecular flexibility index (Phi) is 3.27. The highest BCUT2D eigenvalue weighted by Crippen LogP contribution is 2.25. The van der Waals surface area contributed by atoms with Gasteiger partial charge in [-0.05, 0) is 31.5 Å². The third-order valence-electron chi connectivity index (χ3n) is 2.55. The smallest absolute Gasteiger partial charge is 0.141 e. The number of hydrogen-bond donors (Lipinski definition) is 1. The Morgan fingerprint density at radius 3 is 2.76 bits per heavy atom. The molecule has 0 radical (unpaired) electrons.